The molecule has 1 aromatic heterocycles. The van der Waals surface area contributed by atoms with Crippen molar-refractivity contribution >= 4 is 32.9 Å². The van der Waals surface area contributed by atoms with E-state index < -0.39 is 0 Å². The first-order chi connectivity index (χ1) is 7.37. The van der Waals surface area contributed by atoms with Crippen LogP contribution in [0.3, 0.4) is 0 Å². The van der Waals surface area contributed by atoms with Crippen molar-refractivity contribution in [3.8, 4) is 0 Å². The molecule has 0 unspecified atom stereocenters. The number of benzene rings is 1. The van der Waals surface area contributed by atoms with Crippen molar-refractivity contribution in [1.29, 1.82) is 0 Å². The van der Waals surface area contributed by atoms with Gasteiger partial charge in [-0.15, -0.1) is 0 Å². The highest BCUT2D eigenvalue weighted by molar-refractivity contribution is 9.10. The molecule has 0 radical (unpaired) electrons. The Balaban J connectivity index is 2.58. The number of nitrogen functional groups attached to an aromatic ring is 1. The highest BCUT2D eigenvalue weighted by atomic mass is 79.9. The molecule has 4 heteroatoms. The highest BCUT2D eigenvalue weighted by Crippen LogP contribution is 2.26. The van der Waals surface area contributed by atoms with Crippen LogP contribution in [0.1, 0.15) is 20.8 Å². The number of fused-ring (bicyclic) bond motifs is 1. The van der Waals surface area contributed by atoms with E-state index in [1.54, 1.807) is 0 Å². The van der Waals surface area contributed by atoms with Gasteiger partial charge >= 0.3 is 0 Å². The molecule has 0 amide bonds. The second-order valence-electron chi connectivity index (χ2n) is 5.25. The third kappa shape index (κ3) is 2.21. The maximum Gasteiger partial charge on any atom is 0.201 e. The third-order valence-corrected chi connectivity index (χ3v) is 2.87. The number of nitrogens with two attached hydrogens (primary N) is 1. The molecular weight excluding hydrogens is 266 g/mol. The van der Waals surface area contributed by atoms with E-state index in [1.807, 2.05) is 12.1 Å². The first-order valence-corrected chi connectivity index (χ1v) is 6.07. The van der Waals surface area contributed by atoms with Crippen molar-refractivity contribution in [2.45, 2.75) is 27.3 Å². The summed E-state index contributed by atoms with van der Waals surface area (Å²) in [6.45, 7) is 7.44. The maximum atomic E-state index is 5.95. The van der Waals surface area contributed by atoms with Crippen LogP contribution in [0.25, 0.3) is 11.0 Å². The minimum Gasteiger partial charge on any atom is -0.369 e. The van der Waals surface area contributed by atoms with Crippen LogP contribution in [0.15, 0.2) is 22.7 Å². The Morgan fingerprint density at radius 3 is 2.69 bits per heavy atom. The number of anilines is 1. The van der Waals surface area contributed by atoms with Crippen molar-refractivity contribution in [2.24, 2.45) is 5.41 Å². The lowest BCUT2D eigenvalue weighted by Crippen LogP contribution is -2.17. The summed E-state index contributed by atoms with van der Waals surface area (Å²) in [6, 6.07) is 6.02. The molecule has 0 bridgehead atoms. The number of nitrogens with zero attached hydrogens (tertiary/aromatic N) is 2. The first kappa shape index (κ1) is 11.5. The van der Waals surface area contributed by atoms with Gasteiger partial charge in [-0.05, 0) is 23.6 Å². The van der Waals surface area contributed by atoms with Crippen molar-refractivity contribution in [3.63, 3.8) is 0 Å². The van der Waals surface area contributed by atoms with Crippen LogP contribution in [0, 0.1) is 5.41 Å². The largest absolute Gasteiger partial charge is 0.369 e. The Hall–Kier alpha value is -1.03. The zero-order chi connectivity index (χ0) is 11.9. The van der Waals surface area contributed by atoms with Crippen molar-refractivity contribution in [2.75, 3.05) is 5.73 Å². The van der Waals surface area contributed by atoms with Crippen LogP contribution in [0.5, 0.6) is 0 Å². The predicted octanol–water partition coefficient (Wildman–Crippen LogP) is 3.43. The maximum absolute atomic E-state index is 5.95. The van der Waals surface area contributed by atoms with Gasteiger partial charge in [0.2, 0.25) is 5.95 Å². The smallest absolute Gasteiger partial charge is 0.201 e. The highest BCUT2D eigenvalue weighted by Gasteiger charge is 2.16. The molecule has 0 aliphatic heterocycles. The van der Waals surface area contributed by atoms with E-state index >= 15 is 0 Å². The summed E-state index contributed by atoms with van der Waals surface area (Å²) in [5, 5.41) is 0. The molecule has 0 saturated carbocycles. The summed E-state index contributed by atoms with van der Waals surface area (Å²) in [5.74, 6) is 0.586. The standard InChI is InChI=1S/C12H16BrN3/c1-12(2,3)7-16-10-6-8(13)4-5-9(10)15-11(16)14/h4-6H,7H2,1-3H3,(H2,14,15). The third-order valence-electron chi connectivity index (χ3n) is 2.37. The average Bonchev–Trinajstić information content (AvgIpc) is 2.42. The second kappa shape index (κ2) is 3.77. The van der Waals surface area contributed by atoms with Gasteiger partial charge in [0, 0.05) is 11.0 Å². The van der Waals surface area contributed by atoms with E-state index in [0.717, 1.165) is 22.1 Å². The zero-order valence-corrected chi connectivity index (χ0v) is 11.4. The normalized spacial score (nSPS) is 12.2. The lowest BCUT2D eigenvalue weighted by molar-refractivity contribution is 0.351. The second-order valence-corrected chi connectivity index (χ2v) is 6.17. The number of rotatable bonds is 1. The van der Waals surface area contributed by atoms with E-state index in [-0.39, 0.29) is 5.41 Å². The molecule has 2 aromatic rings. The van der Waals surface area contributed by atoms with E-state index in [4.69, 9.17) is 5.73 Å². The predicted molar refractivity (Wildman–Crippen MR) is 71.3 cm³/mol. The molecule has 2 rings (SSSR count). The molecule has 0 saturated heterocycles. The van der Waals surface area contributed by atoms with Gasteiger partial charge in [0.15, 0.2) is 0 Å². The number of aromatic nitrogens is 2. The van der Waals surface area contributed by atoms with Crippen LogP contribution in [-0.2, 0) is 6.54 Å². The average molecular weight is 282 g/mol. The van der Waals surface area contributed by atoms with Gasteiger partial charge in [-0.1, -0.05) is 36.7 Å². The monoisotopic (exact) mass is 281 g/mol. The first-order valence-electron chi connectivity index (χ1n) is 5.28. The Kier molecular flexibility index (Phi) is 2.70. The Morgan fingerprint density at radius 1 is 1.38 bits per heavy atom. The molecule has 2 N–H and O–H groups in total. The van der Waals surface area contributed by atoms with Gasteiger partial charge in [-0.2, -0.15) is 0 Å². The zero-order valence-electron chi connectivity index (χ0n) is 9.79. The molecule has 3 nitrogen and oxygen atoms in total. The fourth-order valence-corrected chi connectivity index (χ4v) is 2.10. The van der Waals surface area contributed by atoms with E-state index in [2.05, 4.69) is 52.3 Å². The number of halogens is 1. The van der Waals surface area contributed by atoms with E-state index in [9.17, 15) is 0 Å². The lowest BCUT2D eigenvalue weighted by atomic mass is 9.97. The van der Waals surface area contributed by atoms with Gasteiger partial charge in [0.05, 0.1) is 11.0 Å². The summed E-state index contributed by atoms with van der Waals surface area (Å²) in [5.41, 5.74) is 8.17. The summed E-state index contributed by atoms with van der Waals surface area (Å²) in [4.78, 5) is 4.36. The quantitative estimate of drug-likeness (QED) is 0.870. The Labute approximate surface area is 104 Å². The summed E-state index contributed by atoms with van der Waals surface area (Å²) in [7, 11) is 0. The fourth-order valence-electron chi connectivity index (χ4n) is 1.76. The molecule has 1 aromatic carbocycles. The molecule has 0 aliphatic rings. The van der Waals surface area contributed by atoms with Gasteiger partial charge in [0.25, 0.3) is 0 Å². The van der Waals surface area contributed by atoms with Crippen molar-refractivity contribution in [1.82, 2.24) is 9.55 Å². The van der Waals surface area contributed by atoms with E-state index in [0.29, 0.717) is 5.95 Å². The van der Waals surface area contributed by atoms with Crippen LogP contribution in [-0.4, -0.2) is 9.55 Å². The van der Waals surface area contributed by atoms with Crippen LogP contribution in [0.4, 0.5) is 5.95 Å². The van der Waals surface area contributed by atoms with Gasteiger partial charge in [-0.3, -0.25) is 0 Å². The number of hydrogen-bond acceptors (Lipinski definition) is 2. The summed E-state index contributed by atoms with van der Waals surface area (Å²) < 4.78 is 3.12. The van der Waals surface area contributed by atoms with Crippen LogP contribution in [0.2, 0.25) is 0 Å². The van der Waals surface area contributed by atoms with Gasteiger partial charge in [-0.25, -0.2) is 4.98 Å². The molecule has 0 aliphatic carbocycles. The SMILES string of the molecule is CC(C)(C)Cn1c(N)nc2ccc(Br)cc21. The minimum absolute atomic E-state index is 0.185. The molecule has 1 heterocycles. The summed E-state index contributed by atoms with van der Waals surface area (Å²) in [6.07, 6.45) is 0. The molecule has 0 spiro atoms. The van der Waals surface area contributed by atoms with Crippen LogP contribution < -0.4 is 5.73 Å². The Bertz CT molecular complexity index is 523. The molecule has 0 atom stereocenters. The number of imidazole rings is 1. The topological polar surface area (TPSA) is 43.8 Å². The Morgan fingerprint density at radius 2 is 2.06 bits per heavy atom. The molecule has 86 valence electrons. The molecular formula is C12H16BrN3. The summed E-state index contributed by atoms with van der Waals surface area (Å²) >= 11 is 3.47. The van der Waals surface area contributed by atoms with E-state index in [1.165, 1.54) is 0 Å². The molecule has 0 fully saturated rings. The molecule has 16 heavy (non-hydrogen) atoms. The van der Waals surface area contributed by atoms with Crippen molar-refractivity contribution < 1.29 is 0 Å². The van der Waals surface area contributed by atoms with Gasteiger partial charge < -0.3 is 10.3 Å². The van der Waals surface area contributed by atoms with Gasteiger partial charge in [0.1, 0.15) is 0 Å². The van der Waals surface area contributed by atoms with Crippen molar-refractivity contribution in [3.05, 3.63) is 22.7 Å². The fraction of sp³-hybridized carbons (Fsp3) is 0.417. The lowest BCUT2D eigenvalue weighted by Gasteiger charge is -2.20. The minimum atomic E-state index is 0.185. The number of hydrogen-bond donors (Lipinski definition) is 1. The van der Waals surface area contributed by atoms with Crippen LogP contribution >= 0.6 is 15.9 Å².